The second kappa shape index (κ2) is 7.08. The summed E-state index contributed by atoms with van der Waals surface area (Å²) >= 11 is 3.20. The van der Waals surface area contributed by atoms with Crippen molar-refractivity contribution in [2.45, 2.75) is 0 Å². The van der Waals surface area contributed by atoms with Gasteiger partial charge in [-0.25, -0.2) is 4.39 Å². The molecule has 2 aromatic rings. The molecule has 110 valence electrons. The molecule has 2 aromatic carbocycles. The average molecular weight is 353 g/mol. The van der Waals surface area contributed by atoms with Crippen molar-refractivity contribution >= 4 is 21.8 Å². The SMILES string of the molecule is N=C(N)c1ccc(OCCOc2cc(F)cc(Br)c2)cc1. The Kier molecular flexibility index (Phi) is 5.16. The summed E-state index contributed by atoms with van der Waals surface area (Å²) in [5.41, 5.74) is 6.00. The van der Waals surface area contributed by atoms with Gasteiger partial charge in [0.2, 0.25) is 0 Å². The number of nitrogen functional groups attached to an aromatic ring is 1. The normalized spacial score (nSPS) is 10.2. The molecule has 21 heavy (non-hydrogen) atoms. The Morgan fingerprint density at radius 3 is 2.24 bits per heavy atom. The van der Waals surface area contributed by atoms with Crippen LogP contribution in [0.1, 0.15) is 5.56 Å². The molecule has 0 saturated heterocycles. The molecule has 0 fully saturated rings. The second-order valence-electron chi connectivity index (χ2n) is 4.24. The van der Waals surface area contributed by atoms with Crippen LogP contribution < -0.4 is 15.2 Å². The Balaban J connectivity index is 1.80. The first-order valence-electron chi connectivity index (χ1n) is 6.21. The third-order valence-electron chi connectivity index (χ3n) is 2.62. The van der Waals surface area contributed by atoms with Gasteiger partial charge in [0.25, 0.3) is 0 Å². The van der Waals surface area contributed by atoms with E-state index in [2.05, 4.69) is 15.9 Å². The summed E-state index contributed by atoms with van der Waals surface area (Å²) in [5, 5.41) is 7.29. The molecule has 2 rings (SSSR count). The Bertz CT molecular complexity index is 612. The molecule has 0 heterocycles. The summed E-state index contributed by atoms with van der Waals surface area (Å²) in [4.78, 5) is 0. The molecule has 0 bridgehead atoms. The van der Waals surface area contributed by atoms with Gasteiger partial charge in [0.1, 0.15) is 36.4 Å². The van der Waals surface area contributed by atoms with Crippen molar-refractivity contribution in [1.29, 1.82) is 5.41 Å². The van der Waals surface area contributed by atoms with Gasteiger partial charge in [-0.2, -0.15) is 0 Å². The molecule has 0 radical (unpaired) electrons. The van der Waals surface area contributed by atoms with Crippen LogP contribution in [0.5, 0.6) is 11.5 Å². The van der Waals surface area contributed by atoms with E-state index in [4.69, 9.17) is 20.6 Å². The largest absolute Gasteiger partial charge is 0.490 e. The maximum Gasteiger partial charge on any atom is 0.128 e. The van der Waals surface area contributed by atoms with Gasteiger partial charge < -0.3 is 15.2 Å². The van der Waals surface area contributed by atoms with Crippen molar-refractivity contribution in [3.63, 3.8) is 0 Å². The summed E-state index contributed by atoms with van der Waals surface area (Å²) in [7, 11) is 0. The number of hydrogen-bond acceptors (Lipinski definition) is 3. The minimum Gasteiger partial charge on any atom is -0.490 e. The Labute approximate surface area is 130 Å². The predicted molar refractivity (Wildman–Crippen MR) is 82.5 cm³/mol. The third-order valence-corrected chi connectivity index (χ3v) is 3.08. The molecular weight excluding hydrogens is 339 g/mol. The number of nitrogens with one attached hydrogen (secondary N) is 1. The third kappa shape index (κ3) is 4.75. The molecule has 0 amide bonds. The van der Waals surface area contributed by atoms with Gasteiger partial charge in [0.05, 0.1) is 0 Å². The van der Waals surface area contributed by atoms with Crippen molar-refractivity contribution in [2.24, 2.45) is 5.73 Å². The zero-order chi connectivity index (χ0) is 15.2. The zero-order valence-corrected chi connectivity index (χ0v) is 12.7. The molecule has 0 unspecified atom stereocenters. The van der Waals surface area contributed by atoms with Crippen molar-refractivity contribution in [3.8, 4) is 11.5 Å². The summed E-state index contributed by atoms with van der Waals surface area (Å²) < 4.78 is 24.6. The van der Waals surface area contributed by atoms with Crippen LogP contribution in [-0.4, -0.2) is 19.0 Å². The topological polar surface area (TPSA) is 68.3 Å². The number of benzene rings is 2. The van der Waals surface area contributed by atoms with Gasteiger partial charge >= 0.3 is 0 Å². The maximum absolute atomic E-state index is 13.1. The Morgan fingerprint density at radius 1 is 1.05 bits per heavy atom. The molecule has 0 aliphatic heterocycles. The quantitative estimate of drug-likeness (QED) is 0.476. The van der Waals surface area contributed by atoms with E-state index >= 15 is 0 Å². The van der Waals surface area contributed by atoms with E-state index in [1.807, 2.05) is 0 Å². The van der Waals surface area contributed by atoms with Crippen LogP contribution in [0, 0.1) is 11.2 Å². The minimum absolute atomic E-state index is 0.0153. The van der Waals surface area contributed by atoms with Crippen LogP contribution in [-0.2, 0) is 0 Å². The first-order valence-corrected chi connectivity index (χ1v) is 7.00. The molecule has 4 nitrogen and oxygen atoms in total. The van der Waals surface area contributed by atoms with E-state index in [0.29, 0.717) is 34.7 Å². The highest BCUT2D eigenvalue weighted by molar-refractivity contribution is 9.10. The maximum atomic E-state index is 13.1. The fourth-order valence-electron chi connectivity index (χ4n) is 1.66. The molecule has 0 aromatic heterocycles. The lowest BCUT2D eigenvalue weighted by molar-refractivity contribution is 0.216. The van der Waals surface area contributed by atoms with Crippen LogP contribution in [0.3, 0.4) is 0 Å². The van der Waals surface area contributed by atoms with Crippen LogP contribution in [0.15, 0.2) is 46.9 Å². The lowest BCUT2D eigenvalue weighted by Crippen LogP contribution is -2.11. The smallest absolute Gasteiger partial charge is 0.128 e. The van der Waals surface area contributed by atoms with Crippen molar-refractivity contribution in [3.05, 3.63) is 58.3 Å². The van der Waals surface area contributed by atoms with Gasteiger partial charge in [-0.1, -0.05) is 15.9 Å². The Morgan fingerprint density at radius 2 is 1.67 bits per heavy atom. The van der Waals surface area contributed by atoms with Crippen molar-refractivity contribution in [2.75, 3.05) is 13.2 Å². The number of nitrogens with two attached hydrogens (primary N) is 1. The molecule has 6 heteroatoms. The zero-order valence-electron chi connectivity index (χ0n) is 11.1. The number of hydrogen-bond donors (Lipinski definition) is 2. The first-order chi connectivity index (χ1) is 10.0. The fourth-order valence-corrected chi connectivity index (χ4v) is 2.11. The molecule has 0 saturated carbocycles. The van der Waals surface area contributed by atoms with Gasteiger partial charge in [-0.3, -0.25) is 5.41 Å². The summed E-state index contributed by atoms with van der Waals surface area (Å²) in [5.74, 6) is 0.753. The van der Waals surface area contributed by atoms with Crippen LogP contribution in [0.25, 0.3) is 0 Å². The molecule has 3 N–H and O–H groups in total. The number of rotatable bonds is 6. The monoisotopic (exact) mass is 352 g/mol. The number of halogens is 2. The molecule has 0 aliphatic carbocycles. The average Bonchev–Trinajstić information content (AvgIpc) is 2.43. The summed E-state index contributed by atoms with van der Waals surface area (Å²) in [6.45, 7) is 0.623. The van der Waals surface area contributed by atoms with E-state index in [-0.39, 0.29) is 11.7 Å². The molecular formula is C15H14BrFN2O2. The number of amidine groups is 1. The first kappa shape index (κ1) is 15.3. The molecule has 0 atom stereocenters. The van der Waals surface area contributed by atoms with Gasteiger partial charge in [-0.15, -0.1) is 0 Å². The van der Waals surface area contributed by atoms with Crippen molar-refractivity contribution < 1.29 is 13.9 Å². The van der Waals surface area contributed by atoms with Crippen LogP contribution in [0.4, 0.5) is 4.39 Å². The lowest BCUT2D eigenvalue weighted by Gasteiger charge is -2.09. The van der Waals surface area contributed by atoms with Gasteiger partial charge in [0, 0.05) is 16.1 Å². The molecule has 0 spiro atoms. The van der Waals surface area contributed by atoms with Gasteiger partial charge in [-0.05, 0) is 36.4 Å². The van der Waals surface area contributed by atoms with E-state index in [9.17, 15) is 4.39 Å². The summed E-state index contributed by atoms with van der Waals surface area (Å²) in [6.07, 6.45) is 0. The highest BCUT2D eigenvalue weighted by Gasteiger charge is 2.01. The van der Waals surface area contributed by atoms with E-state index in [1.165, 1.54) is 12.1 Å². The van der Waals surface area contributed by atoms with Crippen LogP contribution in [0.2, 0.25) is 0 Å². The highest BCUT2D eigenvalue weighted by Crippen LogP contribution is 2.20. The molecule has 0 aliphatic rings. The van der Waals surface area contributed by atoms with Gasteiger partial charge in [0.15, 0.2) is 0 Å². The number of ether oxygens (including phenoxy) is 2. The lowest BCUT2D eigenvalue weighted by atomic mass is 10.2. The van der Waals surface area contributed by atoms with E-state index < -0.39 is 0 Å². The van der Waals surface area contributed by atoms with Crippen LogP contribution >= 0.6 is 15.9 Å². The standard InChI is InChI=1S/C15H14BrFN2O2/c16-11-7-12(17)9-14(8-11)21-6-5-20-13-3-1-10(2-4-13)15(18)19/h1-4,7-9H,5-6H2,(H3,18,19). The summed E-state index contributed by atoms with van der Waals surface area (Å²) in [6, 6.07) is 11.2. The fraction of sp³-hybridized carbons (Fsp3) is 0.133. The highest BCUT2D eigenvalue weighted by atomic mass is 79.9. The van der Waals surface area contributed by atoms with E-state index in [0.717, 1.165) is 0 Å². The van der Waals surface area contributed by atoms with Crippen molar-refractivity contribution in [1.82, 2.24) is 0 Å². The predicted octanol–water partition coefficient (Wildman–Crippen LogP) is 3.33. The second-order valence-corrected chi connectivity index (χ2v) is 5.16. The van der Waals surface area contributed by atoms with E-state index in [1.54, 1.807) is 30.3 Å². The minimum atomic E-state index is -0.361. The Hall–Kier alpha value is -2.08.